The highest BCUT2D eigenvalue weighted by Crippen LogP contribution is 2.14. The van der Waals surface area contributed by atoms with Gasteiger partial charge in [-0.2, -0.15) is 0 Å². The fourth-order valence-corrected chi connectivity index (χ4v) is 0.866. The zero-order valence-electron chi connectivity index (χ0n) is 6.46. The van der Waals surface area contributed by atoms with E-state index >= 15 is 0 Å². The van der Waals surface area contributed by atoms with Crippen molar-refractivity contribution in [2.45, 2.75) is 6.42 Å². The molecule has 0 saturated heterocycles. The summed E-state index contributed by atoms with van der Waals surface area (Å²) in [7, 11) is 0. The van der Waals surface area contributed by atoms with E-state index in [4.69, 9.17) is 22.8 Å². The molecular formula is C9H8ClNO. The second-order valence-electron chi connectivity index (χ2n) is 2.12. The second kappa shape index (κ2) is 4.63. The Kier molecular flexibility index (Phi) is 3.43. The van der Waals surface area contributed by atoms with E-state index in [9.17, 15) is 0 Å². The van der Waals surface area contributed by atoms with E-state index in [0.717, 1.165) is 0 Å². The van der Waals surface area contributed by atoms with Crippen LogP contribution in [0.3, 0.4) is 0 Å². The number of aromatic nitrogens is 1. The van der Waals surface area contributed by atoms with Crippen molar-refractivity contribution in [3.8, 4) is 18.1 Å². The van der Waals surface area contributed by atoms with Gasteiger partial charge in [0.05, 0.1) is 6.61 Å². The van der Waals surface area contributed by atoms with Gasteiger partial charge in [0.15, 0.2) is 0 Å². The third kappa shape index (κ3) is 2.81. The average Bonchev–Trinajstić information content (AvgIpc) is 2.05. The van der Waals surface area contributed by atoms with Crippen molar-refractivity contribution >= 4 is 11.6 Å². The van der Waals surface area contributed by atoms with Crippen LogP contribution < -0.4 is 4.74 Å². The Bertz CT molecular complexity index is 293. The van der Waals surface area contributed by atoms with Gasteiger partial charge in [-0.15, -0.1) is 12.3 Å². The van der Waals surface area contributed by atoms with Crippen LogP contribution in [0.2, 0.25) is 5.15 Å². The minimum Gasteiger partial charge on any atom is -0.492 e. The number of pyridine rings is 1. The molecule has 1 heterocycles. The minimum atomic E-state index is 0.424. The summed E-state index contributed by atoms with van der Waals surface area (Å²) in [6, 6.07) is 3.39. The van der Waals surface area contributed by atoms with Crippen LogP contribution in [-0.2, 0) is 0 Å². The van der Waals surface area contributed by atoms with E-state index < -0.39 is 0 Å². The lowest BCUT2D eigenvalue weighted by molar-refractivity contribution is 0.327. The molecule has 62 valence electrons. The van der Waals surface area contributed by atoms with Gasteiger partial charge in [-0.25, -0.2) is 4.98 Å². The van der Waals surface area contributed by atoms with E-state index in [1.54, 1.807) is 18.3 Å². The summed E-state index contributed by atoms with van der Waals surface area (Å²) in [4.78, 5) is 3.81. The molecule has 0 aliphatic carbocycles. The normalized spacial score (nSPS) is 9.00. The zero-order chi connectivity index (χ0) is 8.81. The summed E-state index contributed by atoms with van der Waals surface area (Å²) in [5, 5.41) is 0.424. The number of hydrogen-bond donors (Lipinski definition) is 0. The van der Waals surface area contributed by atoms with Gasteiger partial charge in [0.2, 0.25) is 0 Å². The first-order valence-electron chi connectivity index (χ1n) is 3.51. The predicted molar refractivity (Wildman–Crippen MR) is 48.2 cm³/mol. The Morgan fingerprint density at radius 2 is 2.50 bits per heavy atom. The Labute approximate surface area is 76.5 Å². The van der Waals surface area contributed by atoms with Crippen LogP contribution >= 0.6 is 11.6 Å². The fraction of sp³-hybridized carbons (Fsp3) is 0.222. The van der Waals surface area contributed by atoms with Crippen molar-refractivity contribution in [1.29, 1.82) is 0 Å². The molecule has 0 bridgehead atoms. The maximum Gasteiger partial charge on any atom is 0.132 e. The first-order chi connectivity index (χ1) is 5.83. The monoisotopic (exact) mass is 181 g/mol. The smallest absolute Gasteiger partial charge is 0.132 e. The minimum absolute atomic E-state index is 0.424. The van der Waals surface area contributed by atoms with Crippen molar-refractivity contribution in [2.75, 3.05) is 6.61 Å². The molecule has 0 unspecified atom stereocenters. The van der Waals surface area contributed by atoms with Gasteiger partial charge in [0.25, 0.3) is 0 Å². The molecule has 0 spiro atoms. The average molecular weight is 182 g/mol. The first kappa shape index (κ1) is 8.89. The molecule has 3 heteroatoms. The molecule has 0 saturated carbocycles. The van der Waals surface area contributed by atoms with Crippen LogP contribution in [0.25, 0.3) is 0 Å². The summed E-state index contributed by atoms with van der Waals surface area (Å²) in [5.74, 6) is 3.18. The van der Waals surface area contributed by atoms with Gasteiger partial charge in [0, 0.05) is 18.7 Å². The van der Waals surface area contributed by atoms with Gasteiger partial charge in [0.1, 0.15) is 10.9 Å². The molecule has 0 N–H and O–H groups in total. The standard InChI is InChI=1S/C9H8ClNO/c1-2-3-6-12-8-4-5-11-9(10)7-8/h1,4-5,7H,3,6H2. The lowest BCUT2D eigenvalue weighted by Gasteiger charge is -2.02. The van der Waals surface area contributed by atoms with Gasteiger partial charge in [-0.1, -0.05) is 11.6 Å². The van der Waals surface area contributed by atoms with Crippen LogP contribution in [0, 0.1) is 12.3 Å². The summed E-state index contributed by atoms with van der Waals surface area (Å²) >= 11 is 5.63. The van der Waals surface area contributed by atoms with Crippen LogP contribution in [0.15, 0.2) is 18.3 Å². The highest BCUT2D eigenvalue weighted by atomic mass is 35.5. The molecule has 0 aliphatic heterocycles. The van der Waals surface area contributed by atoms with E-state index in [-0.39, 0.29) is 0 Å². The van der Waals surface area contributed by atoms with Crippen molar-refractivity contribution in [1.82, 2.24) is 4.98 Å². The number of ether oxygens (including phenoxy) is 1. The van der Waals surface area contributed by atoms with Crippen LogP contribution in [0.4, 0.5) is 0 Å². The number of nitrogens with zero attached hydrogens (tertiary/aromatic N) is 1. The molecule has 1 aromatic rings. The number of hydrogen-bond acceptors (Lipinski definition) is 2. The maximum atomic E-state index is 5.63. The first-order valence-corrected chi connectivity index (χ1v) is 3.88. The van der Waals surface area contributed by atoms with Crippen molar-refractivity contribution in [3.63, 3.8) is 0 Å². The predicted octanol–water partition coefficient (Wildman–Crippen LogP) is 2.14. The second-order valence-corrected chi connectivity index (χ2v) is 2.50. The lowest BCUT2D eigenvalue weighted by atomic mass is 10.4. The van der Waals surface area contributed by atoms with E-state index in [1.807, 2.05) is 0 Å². The third-order valence-corrected chi connectivity index (χ3v) is 1.42. The van der Waals surface area contributed by atoms with E-state index in [1.165, 1.54) is 0 Å². The highest BCUT2D eigenvalue weighted by Gasteiger charge is 1.93. The molecule has 0 radical (unpaired) electrons. The Balaban J connectivity index is 2.48. The molecule has 1 rings (SSSR count). The van der Waals surface area contributed by atoms with Crippen LogP contribution in [-0.4, -0.2) is 11.6 Å². The number of rotatable bonds is 3. The SMILES string of the molecule is C#CCCOc1ccnc(Cl)c1. The molecule has 1 aromatic heterocycles. The molecule has 0 amide bonds. The van der Waals surface area contributed by atoms with Gasteiger partial charge in [-0.3, -0.25) is 0 Å². The molecular weight excluding hydrogens is 174 g/mol. The van der Waals surface area contributed by atoms with Crippen LogP contribution in [0.1, 0.15) is 6.42 Å². The number of terminal acetylenes is 1. The Morgan fingerprint density at radius 3 is 3.17 bits per heavy atom. The lowest BCUT2D eigenvalue weighted by Crippen LogP contribution is -1.95. The molecule has 12 heavy (non-hydrogen) atoms. The number of halogens is 1. The largest absolute Gasteiger partial charge is 0.492 e. The van der Waals surface area contributed by atoms with Gasteiger partial charge < -0.3 is 4.74 Å². The Hall–Kier alpha value is -1.20. The topological polar surface area (TPSA) is 22.1 Å². The molecule has 0 aromatic carbocycles. The van der Waals surface area contributed by atoms with Crippen molar-refractivity contribution < 1.29 is 4.74 Å². The summed E-state index contributed by atoms with van der Waals surface area (Å²) < 4.78 is 5.26. The molecule has 2 nitrogen and oxygen atoms in total. The Morgan fingerprint density at radius 1 is 1.67 bits per heavy atom. The van der Waals surface area contributed by atoms with Crippen molar-refractivity contribution in [2.24, 2.45) is 0 Å². The van der Waals surface area contributed by atoms with E-state index in [2.05, 4.69) is 10.9 Å². The quantitative estimate of drug-likeness (QED) is 0.405. The maximum absolute atomic E-state index is 5.63. The molecule has 0 atom stereocenters. The summed E-state index contributed by atoms with van der Waals surface area (Å²) in [6.45, 7) is 0.511. The van der Waals surface area contributed by atoms with Gasteiger partial charge >= 0.3 is 0 Å². The van der Waals surface area contributed by atoms with Crippen molar-refractivity contribution in [3.05, 3.63) is 23.5 Å². The van der Waals surface area contributed by atoms with E-state index in [0.29, 0.717) is 23.9 Å². The van der Waals surface area contributed by atoms with Gasteiger partial charge in [-0.05, 0) is 6.07 Å². The molecule has 0 aliphatic rings. The highest BCUT2D eigenvalue weighted by molar-refractivity contribution is 6.29. The fourth-order valence-electron chi connectivity index (χ4n) is 0.702. The van der Waals surface area contributed by atoms with Crippen LogP contribution in [0.5, 0.6) is 5.75 Å². The summed E-state index contributed by atoms with van der Waals surface area (Å²) in [6.07, 6.45) is 7.24. The zero-order valence-corrected chi connectivity index (χ0v) is 7.21. The third-order valence-electron chi connectivity index (χ3n) is 1.21. The summed E-state index contributed by atoms with van der Waals surface area (Å²) in [5.41, 5.74) is 0. The molecule has 0 fully saturated rings.